The van der Waals surface area contributed by atoms with Gasteiger partial charge in [0.25, 0.3) is 5.56 Å². The second-order valence-corrected chi connectivity index (χ2v) is 11.3. The summed E-state index contributed by atoms with van der Waals surface area (Å²) < 4.78 is 46.7. The van der Waals surface area contributed by atoms with Crippen LogP contribution in [-0.4, -0.2) is 56.1 Å². The molecule has 226 valence electrons. The average Bonchev–Trinajstić information content (AvgIpc) is 2.93. The molecule has 3 N–H and O–H groups in total. The summed E-state index contributed by atoms with van der Waals surface area (Å²) in [5.41, 5.74) is -2.45. The van der Waals surface area contributed by atoms with Gasteiger partial charge in [-0.1, -0.05) is 24.3 Å². The normalized spacial score (nSPS) is 15.6. The molecule has 1 aliphatic heterocycles. The maximum Gasteiger partial charge on any atom is 0.303 e. The zero-order chi connectivity index (χ0) is 31.0. The zero-order valence-electron chi connectivity index (χ0n) is 24.3. The van der Waals surface area contributed by atoms with E-state index in [0.717, 1.165) is 30.2 Å². The summed E-state index contributed by atoms with van der Waals surface area (Å²) in [6.45, 7) is 8.12. The van der Waals surface area contributed by atoms with Crippen LogP contribution in [0.25, 0.3) is 10.8 Å². The number of aliphatic hydroxyl groups is 2. The molecule has 11 heteroatoms. The van der Waals surface area contributed by atoms with Crippen molar-refractivity contribution < 1.29 is 28.2 Å². The molecule has 42 heavy (non-hydrogen) atoms. The van der Waals surface area contributed by atoms with Crippen molar-refractivity contribution in [2.75, 3.05) is 25.0 Å². The summed E-state index contributed by atoms with van der Waals surface area (Å²) in [4.78, 5) is 26.9. The van der Waals surface area contributed by atoms with E-state index in [1.165, 1.54) is 32.2 Å². The van der Waals surface area contributed by atoms with E-state index in [4.69, 9.17) is 0 Å². The number of aromatic nitrogens is 2. The number of rotatable bonds is 9. The number of alkyl halides is 2. The van der Waals surface area contributed by atoms with Crippen LogP contribution in [0.3, 0.4) is 0 Å². The van der Waals surface area contributed by atoms with Crippen LogP contribution in [-0.2, 0) is 24.2 Å². The molecule has 2 heterocycles. The number of likely N-dealkylation sites (tertiary alicyclic amines) is 1. The molecule has 1 saturated heterocycles. The Kier molecular flexibility index (Phi) is 8.84. The minimum Gasteiger partial charge on any atom is -0.396 e. The van der Waals surface area contributed by atoms with Crippen LogP contribution in [0.1, 0.15) is 67.8 Å². The number of aryl methyl sites for hydroxylation is 1. The number of aliphatic hydroxyl groups excluding tert-OH is 1. The Morgan fingerprint density at radius 1 is 1.26 bits per heavy atom. The third-order valence-electron chi connectivity index (χ3n) is 8.05. The van der Waals surface area contributed by atoms with Crippen LogP contribution in [0, 0.1) is 5.82 Å². The maximum absolute atomic E-state index is 15.6. The molecule has 2 aromatic carbocycles. The number of fused-ring (bicyclic) bond motifs is 1. The molecule has 1 aromatic heterocycles. The van der Waals surface area contributed by atoms with E-state index in [-0.39, 0.29) is 41.8 Å². The van der Waals surface area contributed by atoms with Gasteiger partial charge in [0.15, 0.2) is 5.82 Å². The van der Waals surface area contributed by atoms with Gasteiger partial charge in [0, 0.05) is 44.6 Å². The van der Waals surface area contributed by atoms with Crippen molar-refractivity contribution in [2.45, 2.75) is 63.5 Å². The molecule has 0 spiro atoms. The summed E-state index contributed by atoms with van der Waals surface area (Å²) in [6.07, 6.45) is 2.99. The number of anilines is 1. The molecule has 8 nitrogen and oxygen atoms in total. The van der Waals surface area contributed by atoms with Crippen LogP contribution in [0.4, 0.5) is 19.0 Å². The van der Waals surface area contributed by atoms with Gasteiger partial charge in [0.1, 0.15) is 11.4 Å². The van der Waals surface area contributed by atoms with Gasteiger partial charge >= 0.3 is 5.92 Å². The highest BCUT2D eigenvalue weighted by atomic mass is 19.3. The highest BCUT2D eigenvalue weighted by molar-refractivity contribution is 5.94. The van der Waals surface area contributed by atoms with Gasteiger partial charge in [0.2, 0.25) is 5.91 Å². The average molecular weight is 587 g/mol. The number of halogens is 3. The second-order valence-electron chi connectivity index (χ2n) is 11.3. The van der Waals surface area contributed by atoms with Crippen LogP contribution in [0.15, 0.2) is 47.8 Å². The van der Waals surface area contributed by atoms with Crippen molar-refractivity contribution in [3.8, 4) is 0 Å². The molecule has 0 aliphatic carbocycles. The van der Waals surface area contributed by atoms with E-state index in [0.29, 0.717) is 42.3 Å². The van der Waals surface area contributed by atoms with Crippen LogP contribution < -0.4 is 10.9 Å². The van der Waals surface area contributed by atoms with Crippen molar-refractivity contribution in [1.82, 2.24) is 14.7 Å². The lowest BCUT2D eigenvalue weighted by Crippen LogP contribution is -2.41. The predicted octanol–water partition coefficient (Wildman–Crippen LogP) is 4.54. The number of nitrogens with one attached hydrogen (secondary N) is 1. The van der Waals surface area contributed by atoms with E-state index in [9.17, 15) is 28.6 Å². The fourth-order valence-corrected chi connectivity index (χ4v) is 5.54. The second kappa shape index (κ2) is 11.9. The monoisotopic (exact) mass is 586 g/mol. The number of hydrogen-bond acceptors (Lipinski definition) is 6. The molecule has 1 aliphatic rings. The number of carbonyl (C=O) groups excluding carboxylic acids is 1. The van der Waals surface area contributed by atoms with Crippen molar-refractivity contribution in [3.63, 3.8) is 0 Å². The highest BCUT2D eigenvalue weighted by Crippen LogP contribution is 2.42. The molecule has 0 unspecified atom stereocenters. The minimum absolute atomic E-state index is 0.0131. The maximum atomic E-state index is 15.6. The summed E-state index contributed by atoms with van der Waals surface area (Å²) in [5, 5.41) is 28.1. The first-order chi connectivity index (χ1) is 19.7. The Morgan fingerprint density at radius 3 is 2.50 bits per heavy atom. The fraction of sp³-hybridized carbons (Fsp3) is 0.452. The van der Waals surface area contributed by atoms with Gasteiger partial charge < -0.3 is 20.4 Å². The smallest absolute Gasteiger partial charge is 0.303 e. The van der Waals surface area contributed by atoms with Crippen molar-refractivity contribution >= 4 is 22.5 Å². The molecule has 3 aromatic rings. The number of amides is 1. The number of piperidine rings is 1. The van der Waals surface area contributed by atoms with Gasteiger partial charge in [0.05, 0.1) is 17.0 Å². The Bertz CT molecular complexity index is 1560. The molecule has 0 bridgehead atoms. The van der Waals surface area contributed by atoms with Crippen molar-refractivity contribution in [1.29, 1.82) is 0 Å². The highest BCUT2D eigenvalue weighted by Gasteiger charge is 2.49. The van der Waals surface area contributed by atoms with E-state index < -0.39 is 28.9 Å². The fourth-order valence-electron chi connectivity index (χ4n) is 5.54. The number of hydrogen-bond donors (Lipinski definition) is 3. The van der Waals surface area contributed by atoms with Crippen LogP contribution in [0.2, 0.25) is 0 Å². The predicted molar refractivity (Wildman–Crippen MR) is 155 cm³/mol. The largest absolute Gasteiger partial charge is 0.396 e. The summed E-state index contributed by atoms with van der Waals surface area (Å²) in [7, 11) is 1.47. The van der Waals surface area contributed by atoms with E-state index in [1.54, 1.807) is 4.90 Å². The molecule has 4 rings (SSSR count). The lowest BCUT2D eigenvalue weighted by Gasteiger charge is -2.32. The van der Waals surface area contributed by atoms with Crippen molar-refractivity contribution in [3.05, 3.63) is 81.4 Å². The van der Waals surface area contributed by atoms with Gasteiger partial charge in [-0.05, 0) is 62.3 Å². The number of benzene rings is 2. The molecule has 1 amide bonds. The molecule has 0 saturated carbocycles. The number of carbonyl (C=O) groups is 1. The molecule has 1 fully saturated rings. The SMILES string of the molecule is C=C[C@@H](Nc1nn(C)c(=O)c2c(CCO)cc(C3CCN(C(C)=O)CC3)cc12)c1cccc(C(F)(F)C(C)(C)O)c1F. The van der Waals surface area contributed by atoms with E-state index >= 15 is 4.39 Å². The standard InChI is InChI=1S/C31H37F3N4O4/c1-6-25(22-8-7-9-24(27(22)32)31(33,34)30(3,4)42)35-28-23-17-21(19-10-13-38(14-11-19)18(2)40)16-20(12-15-39)26(23)29(41)37(5)36-28/h6-9,16-17,19,25,39,42H,1,10-15H2,2-5H3,(H,35,36)/t25-/m1/s1. The Morgan fingerprint density at radius 2 is 1.93 bits per heavy atom. The first-order valence-electron chi connectivity index (χ1n) is 13.9. The van der Waals surface area contributed by atoms with Crippen LogP contribution in [0.5, 0.6) is 0 Å². The van der Waals surface area contributed by atoms with Gasteiger partial charge in [-0.3, -0.25) is 9.59 Å². The summed E-state index contributed by atoms with van der Waals surface area (Å²) in [6, 6.07) is 6.28. The molecular formula is C31H37F3N4O4. The van der Waals surface area contributed by atoms with Gasteiger partial charge in [-0.15, -0.1) is 6.58 Å². The molecule has 0 radical (unpaired) electrons. The Hall–Kier alpha value is -3.70. The lowest BCUT2D eigenvalue weighted by molar-refractivity contribution is -0.170. The molecular weight excluding hydrogens is 549 g/mol. The Balaban J connectivity index is 1.83. The minimum atomic E-state index is -3.88. The van der Waals surface area contributed by atoms with Crippen molar-refractivity contribution in [2.24, 2.45) is 7.05 Å². The lowest BCUT2D eigenvalue weighted by atomic mass is 9.86. The van der Waals surface area contributed by atoms with Gasteiger partial charge in [-0.2, -0.15) is 13.9 Å². The van der Waals surface area contributed by atoms with E-state index in [1.807, 2.05) is 12.1 Å². The topological polar surface area (TPSA) is 108 Å². The summed E-state index contributed by atoms with van der Waals surface area (Å²) >= 11 is 0. The van der Waals surface area contributed by atoms with Crippen LogP contribution >= 0.6 is 0 Å². The third-order valence-corrected chi connectivity index (χ3v) is 8.05. The molecule has 1 atom stereocenters. The third kappa shape index (κ3) is 5.80. The van der Waals surface area contributed by atoms with E-state index in [2.05, 4.69) is 17.0 Å². The quantitative estimate of drug-likeness (QED) is 0.318. The zero-order valence-corrected chi connectivity index (χ0v) is 24.3. The number of nitrogens with zero attached hydrogens (tertiary/aromatic N) is 3. The first-order valence-corrected chi connectivity index (χ1v) is 13.9. The van der Waals surface area contributed by atoms with Gasteiger partial charge in [-0.25, -0.2) is 9.07 Å². The first kappa shape index (κ1) is 31.2. The Labute approximate surface area is 242 Å². The summed E-state index contributed by atoms with van der Waals surface area (Å²) in [5.74, 6) is -4.77.